The van der Waals surface area contributed by atoms with Crippen molar-refractivity contribution < 1.29 is 18.7 Å². The van der Waals surface area contributed by atoms with E-state index >= 15 is 0 Å². The first kappa shape index (κ1) is 20.9. The van der Waals surface area contributed by atoms with Crippen molar-refractivity contribution in [1.82, 2.24) is 5.32 Å². The molecule has 0 aliphatic heterocycles. The molecule has 0 radical (unpaired) electrons. The van der Waals surface area contributed by atoms with E-state index in [1.165, 1.54) is 0 Å². The summed E-state index contributed by atoms with van der Waals surface area (Å²) in [7, 11) is 0. The van der Waals surface area contributed by atoms with Gasteiger partial charge in [0.25, 0.3) is 5.91 Å². The van der Waals surface area contributed by atoms with Crippen LogP contribution in [0.3, 0.4) is 0 Å². The molecule has 0 aliphatic carbocycles. The Kier molecular flexibility index (Phi) is 6.18. The van der Waals surface area contributed by atoms with Crippen molar-refractivity contribution in [1.29, 1.82) is 0 Å². The van der Waals surface area contributed by atoms with E-state index in [1.54, 1.807) is 36.4 Å². The average Bonchev–Trinajstić information content (AvgIpc) is 3.44. The number of carbonyl (C=O) groups excluding carboxylic acids is 1. The van der Waals surface area contributed by atoms with E-state index in [2.05, 4.69) is 10.6 Å². The Hall–Kier alpha value is -3.39. The molecule has 0 bridgehead atoms. The normalized spacial score (nSPS) is 10.6. The van der Waals surface area contributed by atoms with Crippen LogP contribution in [-0.4, -0.2) is 16.1 Å². The largest absolute Gasteiger partial charge is 0.459 e. The van der Waals surface area contributed by atoms with Gasteiger partial charge in [0.15, 0.2) is 10.9 Å². The SMILES string of the molecule is O=C(NC(=S)Nc1cccc(-c2ccc(CO)o2)c1)c1ccc(-c2ccc(Cl)cc2)o1. The zero-order valence-electron chi connectivity index (χ0n) is 16.1. The summed E-state index contributed by atoms with van der Waals surface area (Å²) in [6, 6.07) is 21.2. The molecular weight excluding hydrogens is 436 g/mol. The molecule has 156 valence electrons. The zero-order valence-corrected chi connectivity index (χ0v) is 17.7. The first-order chi connectivity index (χ1) is 15.0. The number of aliphatic hydroxyl groups excluding tert-OH is 1. The van der Waals surface area contributed by atoms with Gasteiger partial charge in [0.1, 0.15) is 23.9 Å². The van der Waals surface area contributed by atoms with Crippen LogP contribution in [-0.2, 0) is 6.61 Å². The van der Waals surface area contributed by atoms with Crippen molar-refractivity contribution in [3.63, 3.8) is 0 Å². The van der Waals surface area contributed by atoms with Gasteiger partial charge in [0.05, 0.1) is 0 Å². The summed E-state index contributed by atoms with van der Waals surface area (Å²) in [4.78, 5) is 12.5. The van der Waals surface area contributed by atoms with Crippen molar-refractivity contribution >= 4 is 40.5 Å². The van der Waals surface area contributed by atoms with E-state index in [0.29, 0.717) is 28.0 Å². The van der Waals surface area contributed by atoms with Crippen LogP contribution in [0.25, 0.3) is 22.6 Å². The maximum Gasteiger partial charge on any atom is 0.293 e. The Balaban J connectivity index is 1.40. The topological polar surface area (TPSA) is 87.6 Å². The van der Waals surface area contributed by atoms with Crippen LogP contribution >= 0.6 is 23.8 Å². The van der Waals surface area contributed by atoms with Gasteiger partial charge in [0.2, 0.25) is 0 Å². The van der Waals surface area contributed by atoms with Crippen LogP contribution in [0.1, 0.15) is 16.3 Å². The fourth-order valence-electron chi connectivity index (χ4n) is 2.92. The molecule has 31 heavy (non-hydrogen) atoms. The minimum Gasteiger partial charge on any atom is -0.459 e. The monoisotopic (exact) mass is 452 g/mol. The lowest BCUT2D eigenvalue weighted by atomic mass is 10.1. The molecular formula is C23H17ClN2O4S. The smallest absolute Gasteiger partial charge is 0.293 e. The second-order valence-electron chi connectivity index (χ2n) is 6.58. The molecule has 2 aromatic heterocycles. The molecule has 0 unspecified atom stereocenters. The summed E-state index contributed by atoms with van der Waals surface area (Å²) in [5.74, 6) is 1.32. The Morgan fingerprint density at radius 3 is 2.42 bits per heavy atom. The summed E-state index contributed by atoms with van der Waals surface area (Å²) in [6.07, 6.45) is 0. The fraction of sp³-hybridized carbons (Fsp3) is 0.0435. The molecule has 0 atom stereocenters. The third-order valence-electron chi connectivity index (χ3n) is 4.41. The van der Waals surface area contributed by atoms with Gasteiger partial charge in [-0.15, -0.1) is 0 Å². The van der Waals surface area contributed by atoms with Gasteiger partial charge < -0.3 is 19.3 Å². The predicted molar refractivity (Wildman–Crippen MR) is 123 cm³/mol. The van der Waals surface area contributed by atoms with E-state index in [1.807, 2.05) is 36.4 Å². The number of rotatable bonds is 5. The number of halogens is 1. The third-order valence-corrected chi connectivity index (χ3v) is 4.86. The first-order valence-corrected chi connectivity index (χ1v) is 10.1. The highest BCUT2D eigenvalue weighted by atomic mass is 35.5. The number of hydrogen-bond acceptors (Lipinski definition) is 5. The highest BCUT2D eigenvalue weighted by Crippen LogP contribution is 2.25. The van der Waals surface area contributed by atoms with Crippen molar-refractivity contribution in [3.8, 4) is 22.6 Å². The molecule has 4 rings (SSSR count). The summed E-state index contributed by atoms with van der Waals surface area (Å²) >= 11 is 11.2. The van der Waals surface area contributed by atoms with Crippen LogP contribution < -0.4 is 10.6 Å². The van der Waals surface area contributed by atoms with Gasteiger partial charge in [0, 0.05) is 21.8 Å². The maximum absolute atomic E-state index is 12.5. The number of hydrogen-bond donors (Lipinski definition) is 3. The minimum atomic E-state index is -0.465. The molecule has 8 heteroatoms. The van der Waals surface area contributed by atoms with Crippen molar-refractivity contribution in [2.24, 2.45) is 0 Å². The highest BCUT2D eigenvalue weighted by Gasteiger charge is 2.14. The van der Waals surface area contributed by atoms with E-state index in [9.17, 15) is 4.79 Å². The number of benzene rings is 2. The molecule has 0 spiro atoms. The Morgan fingerprint density at radius 2 is 1.68 bits per heavy atom. The highest BCUT2D eigenvalue weighted by molar-refractivity contribution is 7.80. The third kappa shape index (κ3) is 5.03. The van der Waals surface area contributed by atoms with E-state index in [-0.39, 0.29) is 17.5 Å². The lowest BCUT2D eigenvalue weighted by Crippen LogP contribution is -2.33. The Labute approximate surface area is 188 Å². The second-order valence-corrected chi connectivity index (χ2v) is 7.43. The van der Waals surface area contributed by atoms with Crippen molar-refractivity contribution in [2.75, 3.05) is 5.32 Å². The van der Waals surface area contributed by atoms with Gasteiger partial charge in [-0.1, -0.05) is 23.7 Å². The van der Waals surface area contributed by atoms with Gasteiger partial charge in [-0.25, -0.2) is 0 Å². The standard InChI is InChI=1S/C23H17ClN2O4S/c24-16-6-4-14(5-7-16)19-10-11-21(30-19)22(28)26-23(31)25-17-3-1-2-15(12-17)20-9-8-18(13-27)29-20/h1-12,27H,13H2,(H2,25,26,28,31). The molecule has 0 saturated heterocycles. The number of carbonyl (C=O) groups is 1. The van der Waals surface area contributed by atoms with Crippen LogP contribution in [0.15, 0.2) is 81.6 Å². The van der Waals surface area contributed by atoms with E-state index in [4.69, 9.17) is 37.8 Å². The van der Waals surface area contributed by atoms with Crippen molar-refractivity contribution in [3.05, 3.63) is 89.3 Å². The molecule has 2 aromatic carbocycles. The molecule has 0 fully saturated rings. The number of anilines is 1. The Bertz CT molecular complexity index is 1230. The number of aliphatic hydroxyl groups is 1. The van der Waals surface area contributed by atoms with Gasteiger partial charge in [-0.05, 0) is 72.9 Å². The van der Waals surface area contributed by atoms with Gasteiger partial charge >= 0.3 is 0 Å². The lowest BCUT2D eigenvalue weighted by molar-refractivity contribution is 0.0951. The fourth-order valence-corrected chi connectivity index (χ4v) is 3.26. The molecule has 0 aliphatic rings. The average molecular weight is 453 g/mol. The molecule has 4 aromatic rings. The van der Waals surface area contributed by atoms with Crippen molar-refractivity contribution in [2.45, 2.75) is 6.61 Å². The maximum atomic E-state index is 12.5. The number of thiocarbonyl (C=S) groups is 1. The van der Waals surface area contributed by atoms with Crippen LogP contribution in [0.4, 0.5) is 5.69 Å². The Morgan fingerprint density at radius 1 is 0.935 bits per heavy atom. The number of furan rings is 2. The summed E-state index contributed by atoms with van der Waals surface area (Å²) in [6.45, 7) is -0.166. The molecule has 2 heterocycles. The molecule has 1 amide bonds. The van der Waals surface area contributed by atoms with Gasteiger partial charge in [-0.3, -0.25) is 10.1 Å². The lowest BCUT2D eigenvalue weighted by Gasteiger charge is -2.09. The zero-order chi connectivity index (χ0) is 21.8. The first-order valence-electron chi connectivity index (χ1n) is 9.30. The minimum absolute atomic E-state index is 0.127. The van der Waals surface area contributed by atoms with Gasteiger partial charge in [-0.2, -0.15) is 0 Å². The van der Waals surface area contributed by atoms with E-state index in [0.717, 1.165) is 11.1 Å². The number of amides is 1. The summed E-state index contributed by atoms with van der Waals surface area (Å²) < 4.78 is 11.2. The van der Waals surface area contributed by atoms with E-state index < -0.39 is 5.91 Å². The summed E-state index contributed by atoms with van der Waals surface area (Å²) in [5.41, 5.74) is 2.28. The number of nitrogens with one attached hydrogen (secondary N) is 2. The molecule has 6 nitrogen and oxygen atoms in total. The second kappa shape index (κ2) is 9.18. The molecule has 0 saturated carbocycles. The van der Waals surface area contributed by atoms with Crippen LogP contribution in [0.2, 0.25) is 5.02 Å². The van der Waals surface area contributed by atoms with Crippen LogP contribution in [0, 0.1) is 0 Å². The predicted octanol–water partition coefficient (Wildman–Crippen LogP) is 5.48. The summed E-state index contributed by atoms with van der Waals surface area (Å²) in [5, 5.41) is 15.5. The van der Waals surface area contributed by atoms with Crippen LogP contribution in [0.5, 0.6) is 0 Å². The molecule has 3 N–H and O–H groups in total. The quantitative estimate of drug-likeness (QED) is 0.347.